The highest BCUT2D eigenvalue weighted by molar-refractivity contribution is 7.16. The zero-order valence-corrected chi connectivity index (χ0v) is 18.9. The maximum Gasteiger partial charge on any atom is 0.404 e. The average Bonchev–Trinajstić information content (AvgIpc) is 3.46. The molecule has 2 aromatic heterocycles. The number of nitrogens with zero attached hydrogens (tertiary/aromatic N) is 3. The standard InChI is InChI=1S/C23H18ClFN4O3S/c1-12-21(32-23(26)31)20(18-8-9-19(24)33-18)28(22(12)30)16-6-7-17-13(10-16)11-27-29(17)15-4-2-14(25)3-5-15/h2-12,20-21H,1H3,(H2,26,31)/t12-,20+,21-/m0/s1. The van der Waals surface area contributed by atoms with Crippen LogP contribution in [0.3, 0.4) is 0 Å². The first-order valence-corrected chi connectivity index (χ1v) is 11.3. The lowest BCUT2D eigenvalue weighted by molar-refractivity contribution is -0.121. The van der Waals surface area contributed by atoms with Crippen molar-refractivity contribution in [3.63, 3.8) is 0 Å². The highest BCUT2D eigenvalue weighted by Gasteiger charge is 2.50. The summed E-state index contributed by atoms with van der Waals surface area (Å²) >= 11 is 7.47. The lowest BCUT2D eigenvalue weighted by Crippen LogP contribution is -2.32. The second-order valence-electron chi connectivity index (χ2n) is 7.76. The van der Waals surface area contributed by atoms with E-state index in [0.29, 0.717) is 15.7 Å². The van der Waals surface area contributed by atoms with Crippen LogP contribution in [-0.4, -0.2) is 27.9 Å². The molecule has 5 rings (SSSR count). The molecule has 7 nitrogen and oxygen atoms in total. The van der Waals surface area contributed by atoms with Crippen molar-refractivity contribution < 1.29 is 18.7 Å². The van der Waals surface area contributed by atoms with Crippen molar-refractivity contribution in [1.29, 1.82) is 0 Å². The normalized spacial score (nSPS) is 20.5. The topological polar surface area (TPSA) is 90.4 Å². The minimum absolute atomic E-state index is 0.193. The predicted molar refractivity (Wildman–Crippen MR) is 124 cm³/mol. The number of ether oxygens (including phenoxy) is 1. The van der Waals surface area contributed by atoms with Crippen molar-refractivity contribution in [2.45, 2.75) is 19.1 Å². The van der Waals surface area contributed by atoms with E-state index in [1.807, 2.05) is 24.3 Å². The Labute approximate surface area is 197 Å². The van der Waals surface area contributed by atoms with Gasteiger partial charge in [0.15, 0.2) is 0 Å². The van der Waals surface area contributed by atoms with Gasteiger partial charge in [-0.3, -0.25) is 9.69 Å². The fraction of sp³-hybridized carbons (Fsp3) is 0.174. The fourth-order valence-electron chi connectivity index (χ4n) is 4.24. The van der Waals surface area contributed by atoms with Crippen molar-refractivity contribution >= 4 is 51.5 Å². The number of thiophene rings is 1. The first kappa shape index (κ1) is 21.4. The van der Waals surface area contributed by atoms with Crippen LogP contribution < -0.4 is 10.6 Å². The molecule has 4 aromatic rings. The summed E-state index contributed by atoms with van der Waals surface area (Å²) in [5.41, 5.74) is 7.44. The van der Waals surface area contributed by atoms with Gasteiger partial charge in [0.05, 0.1) is 27.7 Å². The molecule has 3 heterocycles. The Hall–Kier alpha value is -3.43. The van der Waals surface area contributed by atoms with E-state index >= 15 is 0 Å². The fourth-order valence-corrected chi connectivity index (χ4v) is 5.43. The highest BCUT2D eigenvalue weighted by Crippen LogP contribution is 2.45. The number of primary amides is 1. The Morgan fingerprint density at radius 2 is 1.88 bits per heavy atom. The van der Waals surface area contributed by atoms with E-state index < -0.39 is 24.2 Å². The molecule has 1 aliphatic rings. The Bertz CT molecular complexity index is 1370. The summed E-state index contributed by atoms with van der Waals surface area (Å²) in [6.45, 7) is 1.71. The molecular weight excluding hydrogens is 467 g/mol. The number of carbonyl (C=O) groups is 2. The number of carbonyl (C=O) groups excluding carboxylic acids is 2. The molecule has 3 atom stereocenters. The quantitative estimate of drug-likeness (QED) is 0.438. The van der Waals surface area contributed by atoms with Crippen LogP contribution in [0, 0.1) is 11.7 Å². The number of aromatic nitrogens is 2. The first-order valence-electron chi connectivity index (χ1n) is 10.1. The van der Waals surface area contributed by atoms with Gasteiger partial charge in [-0.2, -0.15) is 5.10 Å². The lowest BCUT2D eigenvalue weighted by atomic mass is 10.0. The second kappa shape index (κ2) is 8.17. The maximum absolute atomic E-state index is 13.3. The number of hydrogen-bond acceptors (Lipinski definition) is 5. The van der Waals surface area contributed by atoms with Crippen molar-refractivity contribution in [2.24, 2.45) is 11.7 Å². The number of fused-ring (bicyclic) bond motifs is 1. The summed E-state index contributed by atoms with van der Waals surface area (Å²) in [6.07, 6.45) is -0.0202. The summed E-state index contributed by atoms with van der Waals surface area (Å²) in [7, 11) is 0. The van der Waals surface area contributed by atoms with Crippen LogP contribution in [-0.2, 0) is 9.53 Å². The van der Waals surface area contributed by atoms with Crippen LogP contribution in [0.1, 0.15) is 17.8 Å². The largest absolute Gasteiger partial charge is 0.443 e. The molecule has 0 unspecified atom stereocenters. The number of rotatable bonds is 4. The SMILES string of the molecule is C[C@@H]1C(=O)N(c2ccc3c(cnn3-c3ccc(F)cc3)c2)[C@H](c2ccc(Cl)s2)[C@H]1OC(N)=O. The minimum Gasteiger partial charge on any atom is -0.443 e. The minimum atomic E-state index is -0.940. The second-order valence-corrected chi connectivity index (χ2v) is 9.51. The molecule has 0 radical (unpaired) electrons. The van der Waals surface area contributed by atoms with Gasteiger partial charge in [-0.15, -0.1) is 11.3 Å². The van der Waals surface area contributed by atoms with Crippen LogP contribution >= 0.6 is 22.9 Å². The van der Waals surface area contributed by atoms with Crippen LogP contribution in [0.25, 0.3) is 16.6 Å². The molecule has 10 heteroatoms. The average molecular weight is 485 g/mol. The molecule has 0 aliphatic carbocycles. The van der Waals surface area contributed by atoms with E-state index in [0.717, 1.165) is 15.8 Å². The molecule has 2 aromatic carbocycles. The Morgan fingerprint density at radius 3 is 2.55 bits per heavy atom. The van der Waals surface area contributed by atoms with Gasteiger partial charge in [0.2, 0.25) is 5.91 Å². The summed E-state index contributed by atoms with van der Waals surface area (Å²) in [5, 5.41) is 5.21. The molecule has 0 spiro atoms. The van der Waals surface area contributed by atoms with Gasteiger partial charge in [-0.1, -0.05) is 11.6 Å². The van der Waals surface area contributed by atoms with E-state index in [1.165, 1.54) is 23.5 Å². The molecule has 33 heavy (non-hydrogen) atoms. The van der Waals surface area contributed by atoms with Crippen molar-refractivity contribution in [3.8, 4) is 5.69 Å². The van der Waals surface area contributed by atoms with Crippen molar-refractivity contribution in [3.05, 3.63) is 75.8 Å². The monoisotopic (exact) mass is 484 g/mol. The van der Waals surface area contributed by atoms with E-state index in [9.17, 15) is 14.0 Å². The number of anilines is 1. The van der Waals surface area contributed by atoms with Crippen LogP contribution in [0.15, 0.2) is 60.8 Å². The third-order valence-corrected chi connectivity index (χ3v) is 7.05. The molecule has 1 fully saturated rings. The van der Waals surface area contributed by atoms with Crippen LogP contribution in [0.5, 0.6) is 0 Å². The predicted octanol–water partition coefficient (Wildman–Crippen LogP) is 5.07. The molecule has 2 amide bonds. The highest BCUT2D eigenvalue weighted by atomic mass is 35.5. The molecule has 0 bridgehead atoms. The van der Waals surface area contributed by atoms with Gasteiger partial charge in [0.25, 0.3) is 0 Å². The van der Waals surface area contributed by atoms with Crippen LogP contribution in [0.2, 0.25) is 4.34 Å². The van der Waals surface area contributed by atoms with Gasteiger partial charge in [0.1, 0.15) is 18.0 Å². The Balaban J connectivity index is 1.58. The number of amides is 2. The Kier molecular flexibility index (Phi) is 5.30. The summed E-state index contributed by atoms with van der Waals surface area (Å²) in [5.74, 6) is -1.12. The third kappa shape index (κ3) is 3.73. The zero-order chi connectivity index (χ0) is 23.3. The summed E-state index contributed by atoms with van der Waals surface area (Å²) in [4.78, 5) is 27.3. The van der Waals surface area contributed by atoms with Crippen molar-refractivity contribution in [1.82, 2.24) is 9.78 Å². The van der Waals surface area contributed by atoms with E-state index in [-0.39, 0.29) is 11.7 Å². The smallest absolute Gasteiger partial charge is 0.404 e. The molecular formula is C23H18ClFN4O3S. The lowest BCUT2D eigenvalue weighted by Gasteiger charge is -2.27. The molecule has 168 valence electrons. The number of hydrogen-bond donors (Lipinski definition) is 1. The van der Waals surface area contributed by atoms with E-state index in [1.54, 1.807) is 40.9 Å². The summed E-state index contributed by atoms with van der Waals surface area (Å²) in [6, 6.07) is 14.5. The molecule has 1 aliphatic heterocycles. The Morgan fingerprint density at radius 1 is 1.15 bits per heavy atom. The summed E-state index contributed by atoms with van der Waals surface area (Å²) < 4.78 is 20.9. The van der Waals surface area contributed by atoms with Crippen LogP contribution in [0.4, 0.5) is 14.9 Å². The molecule has 2 N–H and O–H groups in total. The van der Waals surface area contributed by atoms with Gasteiger partial charge in [-0.05, 0) is 61.5 Å². The number of halogens is 2. The number of benzene rings is 2. The molecule has 0 saturated carbocycles. The van der Waals surface area contributed by atoms with Gasteiger partial charge < -0.3 is 10.5 Å². The maximum atomic E-state index is 13.3. The van der Waals surface area contributed by atoms with Gasteiger partial charge in [0, 0.05) is 16.0 Å². The van der Waals surface area contributed by atoms with Crippen molar-refractivity contribution in [2.75, 3.05) is 4.90 Å². The van der Waals surface area contributed by atoms with Gasteiger partial charge >= 0.3 is 6.09 Å². The first-order chi connectivity index (χ1) is 15.8. The number of nitrogens with two attached hydrogens (primary N) is 1. The zero-order valence-electron chi connectivity index (χ0n) is 17.3. The molecule has 1 saturated heterocycles. The third-order valence-electron chi connectivity index (χ3n) is 5.75. The van der Waals surface area contributed by atoms with E-state index in [2.05, 4.69) is 5.10 Å². The van der Waals surface area contributed by atoms with E-state index in [4.69, 9.17) is 22.1 Å². The van der Waals surface area contributed by atoms with Gasteiger partial charge in [-0.25, -0.2) is 13.9 Å².